The molecule has 1 saturated heterocycles. The Kier molecular flexibility index (Phi) is 5.73. The molecule has 0 radical (unpaired) electrons. The molecule has 160 valence electrons. The van der Waals surface area contributed by atoms with E-state index in [-0.39, 0.29) is 12.7 Å². The van der Waals surface area contributed by atoms with E-state index < -0.39 is 0 Å². The minimum atomic E-state index is -0.235. The molecule has 0 atom stereocenters. The lowest BCUT2D eigenvalue weighted by molar-refractivity contribution is 0.102. The van der Waals surface area contributed by atoms with E-state index in [2.05, 4.69) is 50.8 Å². The van der Waals surface area contributed by atoms with Crippen molar-refractivity contribution in [2.75, 3.05) is 30.5 Å². The first-order chi connectivity index (χ1) is 15.2. The molecule has 3 heterocycles. The van der Waals surface area contributed by atoms with Crippen molar-refractivity contribution in [3.63, 3.8) is 0 Å². The largest absolute Gasteiger partial charge is 0.454 e. The van der Waals surface area contributed by atoms with Gasteiger partial charge in [0, 0.05) is 42.8 Å². The monoisotopic (exact) mass is 436 g/mol. The minimum absolute atomic E-state index is 0.207. The maximum atomic E-state index is 12.6. The molecule has 3 aromatic rings. The Morgan fingerprint density at radius 3 is 2.74 bits per heavy atom. The predicted molar refractivity (Wildman–Crippen MR) is 121 cm³/mol. The van der Waals surface area contributed by atoms with E-state index in [1.165, 1.54) is 16.9 Å². The second kappa shape index (κ2) is 8.95. The van der Waals surface area contributed by atoms with Crippen LogP contribution in [0.3, 0.4) is 0 Å². The Morgan fingerprint density at radius 2 is 1.90 bits per heavy atom. The van der Waals surface area contributed by atoms with Gasteiger partial charge in [0.1, 0.15) is 5.69 Å². The summed E-state index contributed by atoms with van der Waals surface area (Å²) in [6, 6.07) is 16.3. The van der Waals surface area contributed by atoms with Gasteiger partial charge in [0.15, 0.2) is 16.6 Å². The number of fused-ring (bicyclic) bond motifs is 1. The number of anilines is 2. The van der Waals surface area contributed by atoms with E-state index in [4.69, 9.17) is 9.47 Å². The highest BCUT2D eigenvalue weighted by atomic mass is 32.1. The molecular formula is C23H24N4O3S. The molecule has 7 nitrogen and oxygen atoms in total. The fourth-order valence-corrected chi connectivity index (χ4v) is 4.63. The topological polar surface area (TPSA) is 75.7 Å². The highest BCUT2D eigenvalue weighted by molar-refractivity contribution is 7.13. The number of nitrogens with zero attached hydrogens (tertiary/aromatic N) is 2. The maximum Gasteiger partial charge on any atom is 0.275 e. The lowest BCUT2D eigenvalue weighted by Gasteiger charge is -2.32. The van der Waals surface area contributed by atoms with Gasteiger partial charge in [0.2, 0.25) is 6.79 Å². The fourth-order valence-electron chi connectivity index (χ4n) is 3.87. The molecule has 0 saturated carbocycles. The number of nitrogens with one attached hydrogen (secondary N) is 2. The number of hydrogen-bond acceptors (Lipinski definition) is 7. The average Bonchev–Trinajstić information content (AvgIpc) is 3.45. The normalized spacial score (nSPS) is 16.3. The van der Waals surface area contributed by atoms with Crippen molar-refractivity contribution in [1.82, 2.24) is 9.88 Å². The molecule has 5 rings (SSSR count). The van der Waals surface area contributed by atoms with Crippen molar-refractivity contribution in [2.24, 2.45) is 0 Å². The summed E-state index contributed by atoms with van der Waals surface area (Å²) in [5, 5.41) is 8.95. The lowest BCUT2D eigenvalue weighted by Crippen LogP contribution is -2.38. The molecule has 0 bridgehead atoms. The number of rotatable bonds is 6. The van der Waals surface area contributed by atoms with E-state index in [9.17, 15) is 4.79 Å². The van der Waals surface area contributed by atoms with Gasteiger partial charge in [-0.15, -0.1) is 11.3 Å². The standard InChI is InChI=1S/C23H24N4O3S/c28-22(24-18-6-7-20-21(12-18)30-15-29-20)19-14-31-23(26-19)25-17-8-10-27(11-9-17)13-16-4-2-1-3-5-16/h1-7,12,14,17H,8-11,13,15H2,(H,24,28)(H,25,26). The van der Waals surface area contributed by atoms with E-state index in [1.807, 2.05) is 0 Å². The summed E-state index contributed by atoms with van der Waals surface area (Å²) in [7, 11) is 0. The van der Waals surface area contributed by atoms with Crippen LogP contribution in [0.5, 0.6) is 11.5 Å². The summed E-state index contributed by atoms with van der Waals surface area (Å²) in [6.07, 6.45) is 2.12. The molecule has 31 heavy (non-hydrogen) atoms. The predicted octanol–water partition coefficient (Wildman–Crippen LogP) is 4.20. The van der Waals surface area contributed by atoms with Crippen LogP contribution < -0.4 is 20.1 Å². The number of aromatic nitrogens is 1. The van der Waals surface area contributed by atoms with E-state index in [0.717, 1.165) is 37.6 Å². The second-order valence-electron chi connectivity index (χ2n) is 7.74. The molecular weight excluding hydrogens is 412 g/mol. The van der Waals surface area contributed by atoms with Crippen LogP contribution in [0.2, 0.25) is 0 Å². The first kappa shape index (κ1) is 19.8. The maximum absolute atomic E-state index is 12.6. The van der Waals surface area contributed by atoms with E-state index in [1.54, 1.807) is 23.6 Å². The fraction of sp³-hybridized carbons (Fsp3) is 0.304. The number of amides is 1. The highest BCUT2D eigenvalue weighted by Gasteiger charge is 2.21. The van der Waals surface area contributed by atoms with Crippen LogP contribution >= 0.6 is 11.3 Å². The van der Waals surface area contributed by atoms with Crippen molar-refractivity contribution < 1.29 is 14.3 Å². The summed E-state index contributed by atoms with van der Waals surface area (Å²) in [5.41, 5.74) is 2.42. The number of thiazole rings is 1. The Labute approximate surface area is 185 Å². The van der Waals surface area contributed by atoms with Gasteiger partial charge in [-0.25, -0.2) is 4.98 Å². The third-order valence-corrected chi connectivity index (χ3v) is 6.30. The molecule has 2 N–H and O–H groups in total. The number of carbonyl (C=O) groups excluding carboxylic acids is 1. The van der Waals surface area contributed by atoms with Crippen molar-refractivity contribution in [2.45, 2.75) is 25.4 Å². The number of carbonyl (C=O) groups is 1. The molecule has 1 amide bonds. The summed E-state index contributed by atoms with van der Waals surface area (Å²) in [6.45, 7) is 3.30. The number of hydrogen-bond donors (Lipinski definition) is 2. The number of piperidine rings is 1. The molecule has 0 aliphatic carbocycles. The van der Waals surface area contributed by atoms with E-state index >= 15 is 0 Å². The SMILES string of the molecule is O=C(Nc1ccc2c(c1)OCO2)c1csc(NC2CCN(Cc3ccccc3)CC2)n1. The minimum Gasteiger partial charge on any atom is -0.454 e. The van der Waals surface area contributed by atoms with Crippen molar-refractivity contribution in [1.29, 1.82) is 0 Å². The number of ether oxygens (including phenoxy) is 2. The molecule has 2 aromatic carbocycles. The number of benzene rings is 2. The van der Waals surface area contributed by atoms with E-state index in [0.29, 0.717) is 28.9 Å². The molecule has 8 heteroatoms. The first-order valence-electron chi connectivity index (χ1n) is 10.4. The van der Waals surface area contributed by atoms with Crippen LogP contribution in [0.15, 0.2) is 53.9 Å². The third kappa shape index (κ3) is 4.81. The Bertz CT molecular complexity index is 1050. The molecule has 2 aliphatic heterocycles. The van der Waals surface area contributed by atoms with Crippen molar-refractivity contribution in [3.8, 4) is 11.5 Å². The number of likely N-dealkylation sites (tertiary alicyclic amines) is 1. The molecule has 2 aliphatic rings. The van der Waals surface area contributed by atoms with Gasteiger partial charge in [-0.1, -0.05) is 30.3 Å². The van der Waals surface area contributed by atoms with Gasteiger partial charge in [-0.2, -0.15) is 0 Å². The Morgan fingerprint density at radius 1 is 1.10 bits per heavy atom. The smallest absolute Gasteiger partial charge is 0.275 e. The molecule has 1 aromatic heterocycles. The van der Waals surface area contributed by atoms with Gasteiger partial charge in [-0.05, 0) is 30.5 Å². The van der Waals surface area contributed by atoms with Crippen molar-refractivity contribution >= 4 is 28.1 Å². The van der Waals surface area contributed by atoms with Crippen LogP contribution in [0, 0.1) is 0 Å². The lowest BCUT2D eigenvalue weighted by atomic mass is 10.0. The van der Waals surface area contributed by atoms with Gasteiger partial charge in [-0.3, -0.25) is 9.69 Å². The Hall–Kier alpha value is -3.10. The summed E-state index contributed by atoms with van der Waals surface area (Å²) in [5.74, 6) is 1.09. The van der Waals surface area contributed by atoms with Crippen LogP contribution in [-0.4, -0.2) is 41.7 Å². The molecule has 0 unspecified atom stereocenters. The zero-order chi connectivity index (χ0) is 21.0. The highest BCUT2D eigenvalue weighted by Crippen LogP contribution is 2.34. The zero-order valence-electron chi connectivity index (χ0n) is 17.0. The molecule has 0 spiro atoms. The molecule has 1 fully saturated rings. The quantitative estimate of drug-likeness (QED) is 0.603. The van der Waals surface area contributed by atoms with Crippen LogP contribution in [0.1, 0.15) is 28.9 Å². The van der Waals surface area contributed by atoms with Crippen LogP contribution in [0.4, 0.5) is 10.8 Å². The van der Waals surface area contributed by atoms with Crippen LogP contribution in [-0.2, 0) is 6.54 Å². The summed E-state index contributed by atoms with van der Waals surface area (Å²) in [4.78, 5) is 19.5. The second-order valence-corrected chi connectivity index (χ2v) is 8.60. The first-order valence-corrected chi connectivity index (χ1v) is 11.3. The average molecular weight is 437 g/mol. The van der Waals surface area contributed by atoms with Crippen molar-refractivity contribution in [3.05, 3.63) is 65.2 Å². The summed E-state index contributed by atoms with van der Waals surface area (Å²) < 4.78 is 10.7. The van der Waals surface area contributed by atoms with Gasteiger partial charge in [0.25, 0.3) is 5.91 Å². The summed E-state index contributed by atoms with van der Waals surface area (Å²) >= 11 is 1.46. The van der Waals surface area contributed by atoms with Gasteiger partial charge in [0.05, 0.1) is 0 Å². The van der Waals surface area contributed by atoms with Gasteiger partial charge < -0.3 is 20.1 Å². The zero-order valence-corrected chi connectivity index (χ0v) is 17.9. The van der Waals surface area contributed by atoms with Gasteiger partial charge >= 0.3 is 0 Å². The third-order valence-electron chi connectivity index (χ3n) is 5.53. The Balaban J connectivity index is 1.12. The van der Waals surface area contributed by atoms with Crippen LogP contribution in [0.25, 0.3) is 0 Å².